The molecule has 1 amide bonds. The third kappa shape index (κ3) is 6.07. The predicted molar refractivity (Wildman–Crippen MR) is 70.8 cm³/mol. The Morgan fingerprint density at radius 3 is 2.71 bits per heavy atom. The third-order valence-corrected chi connectivity index (χ3v) is 2.46. The summed E-state index contributed by atoms with van der Waals surface area (Å²) in [6, 6.07) is 8.24. The number of benzene rings is 1. The van der Waals surface area contributed by atoms with E-state index < -0.39 is 0 Å². The fourth-order valence-corrected chi connectivity index (χ4v) is 1.54. The molecule has 0 heterocycles. The molecule has 0 spiro atoms. The molecule has 1 aromatic rings. The molecule has 3 nitrogen and oxygen atoms in total. The van der Waals surface area contributed by atoms with Gasteiger partial charge in [0.25, 0.3) is 0 Å². The van der Waals surface area contributed by atoms with Gasteiger partial charge in [0.05, 0.1) is 0 Å². The Labute approximate surface area is 103 Å². The van der Waals surface area contributed by atoms with E-state index in [1.807, 2.05) is 26.0 Å². The van der Waals surface area contributed by atoms with Crippen LogP contribution in [0.25, 0.3) is 0 Å². The van der Waals surface area contributed by atoms with E-state index in [9.17, 15) is 4.79 Å². The summed E-state index contributed by atoms with van der Waals surface area (Å²) in [5, 5.41) is 2.84. The number of carbonyl (C=O) groups excluding carboxylic acids is 1. The van der Waals surface area contributed by atoms with Gasteiger partial charge in [-0.1, -0.05) is 29.8 Å². The molecule has 0 saturated heterocycles. The minimum absolute atomic E-state index is 0.0602. The van der Waals surface area contributed by atoms with Crippen LogP contribution >= 0.6 is 0 Å². The first kappa shape index (κ1) is 13.7. The average Bonchev–Trinajstić information content (AvgIpc) is 2.23. The second kappa shape index (κ2) is 5.82. The van der Waals surface area contributed by atoms with Gasteiger partial charge in [0.15, 0.2) is 0 Å². The maximum absolute atomic E-state index is 11.6. The summed E-state index contributed by atoms with van der Waals surface area (Å²) < 4.78 is 0. The highest BCUT2D eigenvalue weighted by molar-refractivity contribution is 5.76. The molecule has 0 aliphatic rings. The Kier molecular flexibility index (Phi) is 4.70. The van der Waals surface area contributed by atoms with Gasteiger partial charge in [0.2, 0.25) is 5.91 Å². The van der Waals surface area contributed by atoms with E-state index >= 15 is 0 Å². The molecule has 0 aliphatic carbocycles. The lowest BCUT2D eigenvalue weighted by atomic mass is 10.1. The molecule has 3 N–H and O–H groups in total. The van der Waals surface area contributed by atoms with Gasteiger partial charge in [-0.05, 0) is 32.8 Å². The lowest BCUT2D eigenvalue weighted by Crippen LogP contribution is -2.45. The van der Waals surface area contributed by atoms with Crippen LogP contribution in [0.4, 0.5) is 0 Å². The van der Waals surface area contributed by atoms with Gasteiger partial charge in [-0.15, -0.1) is 0 Å². The van der Waals surface area contributed by atoms with Gasteiger partial charge in [-0.25, -0.2) is 0 Å². The zero-order valence-corrected chi connectivity index (χ0v) is 10.9. The van der Waals surface area contributed by atoms with E-state index in [1.165, 1.54) is 11.1 Å². The molecule has 1 rings (SSSR count). The fourth-order valence-electron chi connectivity index (χ4n) is 1.54. The normalized spacial score (nSPS) is 11.3. The summed E-state index contributed by atoms with van der Waals surface area (Å²) in [4.78, 5) is 11.6. The van der Waals surface area contributed by atoms with Crippen molar-refractivity contribution in [1.82, 2.24) is 5.32 Å². The van der Waals surface area contributed by atoms with Crippen LogP contribution in [0.1, 0.15) is 31.4 Å². The van der Waals surface area contributed by atoms with E-state index in [4.69, 9.17) is 5.73 Å². The van der Waals surface area contributed by atoms with Crippen molar-refractivity contribution in [1.29, 1.82) is 0 Å². The highest BCUT2D eigenvalue weighted by atomic mass is 16.1. The van der Waals surface area contributed by atoms with Crippen molar-refractivity contribution in [2.45, 2.75) is 39.2 Å². The zero-order valence-electron chi connectivity index (χ0n) is 10.9. The number of amides is 1. The maximum Gasteiger partial charge on any atom is 0.220 e. The summed E-state index contributed by atoms with van der Waals surface area (Å²) in [6.45, 7) is 6.36. The van der Waals surface area contributed by atoms with E-state index in [0.717, 1.165) is 6.42 Å². The van der Waals surface area contributed by atoms with Crippen molar-refractivity contribution < 1.29 is 4.79 Å². The minimum Gasteiger partial charge on any atom is -0.354 e. The molecule has 0 bridgehead atoms. The van der Waals surface area contributed by atoms with Crippen molar-refractivity contribution >= 4 is 5.91 Å². The molecular formula is C14H22N2O. The number of nitrogens with one attached hydrogen (secondary N) is 1. The molecule has 0 fully saturated rings. The Balaban J connectivity index is 2.33. The predicted octanol–water partition coefficient (Wildman–Crippen LogP) is 1.78. The lowest BCUT2D eigenvalue weighted by Gasteiger charge is -2.18. The first-order valence-electron chi connectivity index (χ1n) is 5.98. The molecule has 0 saturated carbocycles. The van der Waals surface area contributed by atoms with Crippen LogP contribution in [-0.2, 0) is 11.2 Å². The van der Waals surface area contributed by atoms with Gasteiger partial charge in [-0.3, -0.25) is 4.79 Å². The number of nitrogens with two attached hydrogens (primary N) is 1. The van der Waals surface area contributed by atoms with Crippen LogP contribution in [0.2, 0.25) is 0 Å². The van der Waals surface area contributed by atoms with Crippen LogP contribution in [-0.4, -0.2) is 18.0 Å². The largest absolute Gasteiger partial charge is 0.354 e. The van der Waals surface area contributed by atoms with Crippen molar-refractivity contribution in [2.75, 3.05) is 6.54 Å². The molecule has 3 heteroatoms. The highest BCUT2D eigenvalue weighted by Gasteiger charge is 2.11. The molecule has 17 heavy (non-hydrogen) atoms. The number of rotatable bonds is 5. The average molecular weight is 234 g/mol. The molecule has 0 radical (unpaired) electrons. The number of aryl methyl sites for hydroxylation is 2. The van der Waals surface area contributed by atoms with E-state index in [1.54, 1.807) is 0 Å². The molecule has 94 valence electrons. The number of carbonyl (C=O) groups is 1. The summed E-state index contributed by atoms with van der Waals surface area (Å²) in [5.74, 6) is 0.0602. The Morgan fingerprint density at radius 1 is 1.41 bits per heavy atom. The summed E-state index contributed by atoms with van der Waals surface area (Å²) in [6.07, 6.45) is 1.29. The van der Waals surface area contributed by atoms with Gasteiger partial charge in [0, 0.05) is 18.5 Å². The van der Waals surface area contributed by atoms with Gasteiger partial charge in [0.1, 0.15) is 0 Å². The Hall–Kier alpha value is -1.35. The summed E-state index contributed by atoms with van der Waals surface area (Å²) >= 11 is 0. The first-order chi connectivity index (χ1) is 7.87. The SMILES string of the molecule is Cc1cccc(CCC(=O)NCC(C)(C)N)c1. The third-order valence-electron chi connectivity index (χ3n) is 2.46. The lowest BCUT2D eigenvalue weighted by molar-refractivity contribution is -0.121. The van der Waals surface area contributed by atoms with Crippen molar-refractivity contribution in [3.05, 3.63) is 35.4 Å². The molecule has 0 aliphatic heterocycles. The minimum atomic E-state index is -0.348. The van der Waals surface area contributed by atoms with E-state index in [-0.39, 0.29) is 11.4 Å². The fraction of sp³-hybridized carbons (Fsp3) is 0.500. The second-order valence-electron chi connectivity index (χ2n) is 5.25. The molecule has 1 aromatic carbocycles. The van der Waals surface area contributed by atoms with Crippen molar-refractivity contribution in [3.8, 4) is 0 Å². The van der Waals surface area contributed by atoms with Crippen molar-refractivity contribution in [3.63, 3.8) is 0 Å². The first-order valence-corrected chi connectivity index (χ1v) is 5.98. The molecular weight excluding hydrogens is 212 g/mol. The summed E-state index contributed by atoms with van der Waals surface area (Å²) in [7, 11) is 0. The van der Waals surface area contributed by atoms with Crippen LogP contribution in [0, 0.1) is 6.92 Å². The number of hydrogen-bond acceptors (Lipinski definition) is 2. The Morgan fingerprint density at radius 2 is 2.12 bits per heavy atom. The van der Waals surface area contributed by atoms with Crippen LogP contribution < -0.4 is 11.1 Å². The van der Waals surface area contributed by atoms with Gasteiger partial charge in [-0.2, -0.15) is 0 Å². The van der Waals surface area contributed by atoms with Gasteiger partial charge >= 0.3 is 0 Å². The van der Waals surface area contributed by atoms with Gasteiger partial charge < -0.3 is 11.1 Å². The maximum atomic E-state index is 11.6. The van der Waals surface area contributed by atoms with Crippen molar-refractivity contribution in [2.24, 2.45) is 5.73 Å². The second-order valence-corrected chi connectivity index (χ2v) is 5.25. The highest BCUT2D eigenvalue weighted by Crippen LogP contribution is 2.06. The van der Waals surface area contributed by atoms with Crippen LogP contribution in [0.5, 0.6) is 0 Å². The molecule has 0 aromatic heterocycles. The van der Waals surface area contributed by atoms with E-state index in [2.05, 4.69) is 24.4 Å². The zero-order chi connectivity index (χ0) is 12.9. The topological polar surface area (TPSA) is 55.1 Å². The van der Waals surface area contributed by atoms with Crippen LogP contribution in [0.3, 0.4) is 0 Å². The van der Waals surface area contributed by atoms with Crippen LogP contribution in [0.15, 0.2) is 24.3 Å². The smallest absolute Gasteiger partial charge is 0.220 e. The number of hydrogen-bond donors (Lipinski definition) is 2. The van der Waals surface area contributed by atoms with E-state index in [0.29, 0.717) is 13.0 Å². The summed E-state index contributed by atoms with van der Waals surface area (Å²) in [5.41, 5.74) is 7.88. The quantitative estimate of drug-likeness (QED) is 0.816. The Bertz CT molecular complexity index is 380. The molecule has 0 atom stereocenters. The standard InChI is InChI=1S/C14H22N2O/c1-11-5-4-6-12(9-11)7-8-13(17)16-10-14(2,3)15/h4-6,9H,7-8,10,15H2,1-3H3,(H,16,17). The molecule has 0 unspecified atom stereocenters. The monoisotopic (exact) mass is 234 g/mol.